The maximum Gasteiger partial charge on any atom is 0.272 e. The van der Waals surface area contributed by atoms with E-state index in [4.69, 9.17) is 20.8 Å². The Labute approximate surface area is 247 Å². The molecule has 0 bridgehead atoms. The van der Waals surface area contributed by atoms with Crippen LogP contribution in [0.2, 0.25) is 5.02 Å². The molecule has 1 unspecified atom stereocenters. The van der Waals surface area contributed by atoms with Crippen LogP contribution < -0.4 is 20.7 Å². The lowest BCUT2D eigenvalue weighted by Gasteiger charge is -2.16. The summed E-state index contributed by atoms with van der Waals surface area (Å²) in [6.45, 7) is 3.65. The van der Waals surface area contributed by atoms with E-state index >= 15 is 0 Å². The first-order valence-electron chi connectivity index (χ1n) is 12.6. The fourth-order valence-electron chi connectivity index (χ4n) is 3.70. The number of thioether (sulfide) groups is 1. The topological polar surface area (TPSA) is 110 Å². The Morgan fingerprint density at radius 1 is 0.976 bits per heavy atom. The molecule has 4 rings (SSSR count). The summed E-state index contributed by atoms with van der Waals surface area (Å²) in [4.78, 5) is 39.5. The Bertz CT molecular complexity index is 1550. The molecule has 4 aromatic rings. The zero-order valence-corrected chi connectivity index (χ0v) is 24.1. The molecule has 3 amide bonds. The van der Waals surface area contributed by atoms with Crippen LogP contribution in [-0.2, 0) is 9.59 Å². The van der Waals surface area contributed by atoms with Crippen LogP contribution in [0.3, 0.4) is 0 Å². The van der Waals surface area contributed by atoms with Gasteiger partial charge in [-0.25, -0.2) is 0 Å². The number of hydrogen-bond donors (Lipinski definition) is 3. The first kappa shape index (κ1) is 29.5. The Balaban J connectivity index is 1.40. The van der Waals surface area contributed by atoms with Crippen molar-refractivity contribution in [1.82, 2.24) is 5.32 Å². The van der Waals surface area contributed by atoms with Gasteiger partial charge in [0, 0.05) is 33.3 Å². The number of hydrogen-bond acceptors (Lipinski definition) is 6. The molecule has 0 aliphatic heterocycles. The van der Waals surface area contributed by atoms with Crippen molar-refractivity contribution in [3.8, 4) is 5.75 Å². The van der Waals surface area contributed by atoms with Crippen LogP contribution in [0.5, 0.6) is 5.75 Å². The number of aryl methyl sites for hydroxylation is 1. The van der Waals surface area contributed by atoms with Crippen molar-refractivity contribution in [1.29, 1.82) is 0 Å². The Morgan fingerprint density at radius 3 is 2.37 bits per heavy atom. The first-order valence-corrected chi connectivity index (χ1v) is 13.8. The number of benzene rings is 3. The maximum atomic E-state index is 13.1. The molecule has 0 aliphatic carbocycles. The molecular formula is C31H28ClN3O5S. The number of halogens is 1. The van der Waals surface area contributed by atoms with E-state index in [0.29, 0.717) is 33.5 Å². The fraction of sp³-hybridized carbons (Fsp3) is 0.129. The van der Waals surface area contributed by atoms with Crippen molar-refractivity contribution < 1.29 is 23.5 Å². The van der Waals surface area contributed by atoms with Gasteiger partial charge in [0.2, 0.25) is 5.91 Å². The van der Waals surface area contributed by atoms with E-state index in [0.717, 1.165) is 10.5 Å². The van der Waals surface area contributed by atoms with Gasteiger partial charge in [0.25, 0.3) is 11.8 Å². The second-order valence-electron chi connectivity index (χ2n) is 8.92. The predicted octanol–water partition coefficient (Wildman–Crippen LogP) is 6.78. The molecule has 0 spiro atoms. The predicted molar refractivity (Wildman–Crippen MR) is 162 cm³/mol. The lowest BCUT2D eigenvalue weighted by molar-refractivity contribution is -0.115. The SMILES string of the molecule is COc1cc(Cl)c(C)cc1NC(=O)C(C)Sc1ccc(NC(=O)/C(=C/c2ccco2)NC(=O)c2ccccc2)cc1. The third-order valence-corrected chi connectivity index (χ3v) is 7.41. The van der Waals surface area contributed by atoms with Crippen molar-refractivity contribution in [2.75, 3.05) is 17.7 Å². The lowest BCUT2D eigenvalue weighted by Crippen LogP contribution is -2.30. The summed E-state index contributed by atoms with van der Waals surface area (Å²) in [5, 5.41) is 8.48. The summed E-state index contributed by atoms with van der Waals surface area (Å²) in [5.41, 5.74) is 2.31. The van der Waals surface area contributed by atoms with Gasteiger partial charge >= 0.3 is 0 Å². The minimum absolute atomic E-state index is 0.0189. The highest BCUT2D eigenvalue weighted by Crippen LogP contribution is 2.32. The third-order valence-electron chi connectivity index (χ3n) is 5.89. The van der Waals surface area contributed by atoms with Crippen LogP contribution in [0.1, 0.15) is 28.6 Å². The van der Waals surface area contributed by atoms with Crippen LogP contribution in [0, 0.1) is 6.92 Å². The summed E-state index contributed by atoms with van der Waals surface area (Å²) in [7, 11) is 1.52. The highest BCUT2D eigenvalue weighted by molar-refractivity contribution is 8.00. The second-order valence-corrected chi connectivity index (χ2v) is 10.7. The average Bonchev–Trinajstić information content (AvgIpc) is 3.49. The van der Waals surface area contributed by atoms with Gasteiger partial charge in [0.05, 0.1) is 24.3 Å². The quantitative estimate of drug-likeness (QED) is 0.139. The van der Waals surface area contributed by atoms with Gasteiger partial charge in [-0.2, -0.15) is 0 Å². The molecule has 10 heteroatoms. The molecule has 3 N–H and O–H groups in total. The largest absolute Gasteiger partial charge is 0.495 e. The van der Waals surface area contributed by atoms with Gasteiger partial charge in [-0.1, -0.05) is 29.8 Å². The van der Waals surface area contributed by atoms with Gasteiger partial charge < -0.3 is 25.1 Å². The monoisotopic (exact) mass is 589 g/mol. The average molecular weight is 590 g/mol. The van der Waals surface area contributed by atoms with Crippen molar-refractivity contribution in [3.05, 3.63) is 113 Å². The Hall–Kier alpha value is -4.47. The number of furan rings is 1. The number of methoxy groups -OCH3 is 1. The fourth-order valence-corrected chi connectivity index (χ4v) is 4.72. The van der Waals surface area contributed by atoms with Gasteiger partial charge in [0.15, 0.2) is 0 Å². The zero-order chi connectivity index (χ0) is 29.4. The van der Waals surface area contributed by atoms with Crippen LogP contribution >= 0.6 is 23.4 Å². The molecule has 8 nitrogen and oxygen atoms in total. The normalized spacial score (nSPS) is 11.9. The Kier molecular flexibility index (Phi) is 9.89. The Morgan fingerprint density at radius 2 is 1.71 bits per heavy atom. The number of ether oxygens (including phenoxy) is 1. The molecular weight excluding hydrogens is 562 g/mol. The standard InChI is InChI=1S/C31H28ClN3O5S/c1-19-16-26(28(39-3)18-25(19)32)34-29(36)20(2)41-24-13-11-22(12-14-24)33-31(38)27(17-23-10-7-15-40-23)35-30(37)21-8-5-4-6-9-21/h4-18,20H,1-3H3,(H,33,38)(H,34,36)(H,35,37)/b27-17-. The second kappa shape index (κ2) is 13.7. The smallest absolute Gasteiger partial charge is 0.272 e. The number of amides is 3. The van der Waals surface area contributed by atoms with Gasteiger partial charge in [0.1, 0.15) is 17.2 Å². The molecule has 210 valence electrons. The van der Waals surface area contributed by atoms with Crippen LogP contribution in [0.15, 0.2) is 100 Å². The molecule has 0 saturated heterocycles. The number of rotatable bonds is 10. The highest BCUT2D eigenvalue weighted by atomic mass is 35.5. The summed E-state index contributed by atoms with van der Waals surface area (Å²) in [5.74, 6) is -0.259. The molecule has 0 radical (unpaired) electrons. The van der Waals surface area contributed by atoms with Crippen molar-refractivity contribution in [3.63, 3.8) is 0 Å². The van der Waals surface area contributed by atoms with Gasteiger partial charge in [-0.05, 0) is 74.0 Å². The molecule has 1 heterocycles. The number of carbonyl (C=O) groups is 3. The lowest BCUT2D eigenvalue weighted by atomic mass is 10.2. The van der Waals surface area contributed by atoms with E-state index in [2.05, 4.69) is 16.0 Å². The van der Waals surface area contributed by atoms with E-state index < -0.39 is 17.1 Å². The van der Waals surface area contributed by atoms with E-state index in [-0.39, 0.29) is 11.6 Å². The molecule has 1 aromatic heterocycles. The van der Waals surface area contributed by atoms with Gasteiger partial charge in [-0.15, -0.1) is 11.8 Å². The summed E-state index contributed by atoms with van der Waals surface area (Å²) >= 11 is 7.52. The van der Waals surface area contributed by atoms with Crippen molar-refractivity contribution in [2.45, 2.75) is 24.0 Å². The van der Waals surface area contributed by atoms with Crippen LogP contribution in [-0.4, -0.2) is 30.1 Å². The molecule has 0 saturated carbocycles. The molecule has 3 aromatic carbocycles. The third kappa shape index (κ3) is 8.03. The number of carbonyl (C=O) groups excluding carboxylic acids is 3. The summed E-state index contributed by atoms with van der Waals surface area (Å²) < 4.78 is 10.7. The van der Waals surface area contributed by atoms with Crippen LogP contribution in [0.25, 0.3) is 6.08 Å². The van der Waals surface area contributed by atoms with Crippen molar-refractivity contribution >= 4 is 58.5 Å². The van der Waals surface area contributed by atoms with E-state index in [1.54, 1.807) is 85.8 Å². The van der Waals surface area contributed by atoms with E-state index in [9.17, 15) is 14.4 Å². The van der Waals surface area contributed by atoms with E-state index in [1.165, 1.54) is 31.2 Å². The number of nitrogens with one attached hydrogen (secondary N) is 3. The minimum Gasteiger partial charge on any atom is -0.495 e. The summed E-state index contributed by atoms with van der Waals surface area (Å²) in [6.07, 6.45) is 2.93. The molecule has 41 heavy (non-hydrogen) atoms. The van der Waals surface area contributed by atoms with E-state index in [1.807, 2.05) is 6.92 Å². The summed E-state index contributed by atoms with van der Waals surface area (Å²) in [6, 6.07) is 22.4. The van der Waals surface area contributed by atoms with Gasteiger partial charge in [-0.3, -0.25) is 14.4 Å². The zero-order valence-electron chi connectivity index (χ0n) is 22.6. The highest BCUT2D eigenvalue weighted by Gasteiger charge is 2.19. The minimum atomic E-state index is -0.522. The number of anilines is 2. The van der Waals surface area contributed by atoms with Crippen LogP contribution in [0.4, 0.5) is 11.4 Å². The molecule has 0 fully saturated rings. The maximum absolute atomic E-state index is 13.1. The first-order chi connectivity index (χ1) is 19.7. The van der Waals surface area contributed by atoms with Crippen molar-refractivity contribution in [2.24, 2.45) is 0 Å². The molecule has 1 atom stereocenters. The molecule has 0 aliphatic rings.